The molecule has 2 fully saturated rings. The van der Waals surface area contributed by atoms with Gasteiger partial charge in [0.2, 0.25) is 0 Å². The van der Waals surface area contributed by atoms with Gasteiger partial charge in [0.1, 0.15) is 11.8 Å². The summed E-state index contributed by atoms with van der Waals surface area (Å²) in [5.41, 5.74) is -0.463. The van der Waals surface area contributed by atoms with Gasteiger partial charge >= 0.3 is 6.09 Å². The highest BCUT2D eigenvalue weighted by Gasteiger charge is 2.49. The van der Waals surface area contributed by atoms with Gasteiger partial charge in [0, 0.05) is 18.6 Å². The summed E-state index contributed by atoms with van der Waals surface area (Å²) in [4.78, 5) is 14.1. The topological polar surface area (TPSA) is 41.6 Å². The standard InChI is InChI=1S/C14H25FN2O2/c1-9(15)8-16-11-7-10-5-6-12(11)17(10)13(18)19-14(2,3)4/h9-12,16H,5-8H2,1-4H3/t9?,10-,11?,12+/m1/s1. The average Bonchev–Trinajstić information content (AvgIpc) is 2.80. The third-order valence-corrected chi connectivity index (χ3v) is 3.80. The second-order valence-corrected chi connectivity index (χ2v) is 6.72. The normalized spacial score (nSPS) is 31.6. The van der Waals surface area contributed by atoms with E-state index in [0.717, 1.165) is 19.3 Å². The molecule has 2 heterocycles. The summed E-state index contributed by atoms with van der Waals surface area (Å²) in [5, 5.41) is 3.24. The monoisotopic (exact) mass is 272 g/mol. The molecule has 5 heteroatoms. The second-order valence-electron chi connectivity index (χ2n) is 6.72. The number of alkyl halides is 1. The maximum Gasteiger partial charge on any atom is 0.410 e. The fraction of sp³-hybridized carbons (Fsp3) is 0.929. The number of nitrogens with one attached hydrogen (secondary N) is 1. The zero-order valence-corrected chi connectivity index (χ0v) is 12.3. The van der Waals surface area contributed by atoms with Gasteiger partial charge in [0.25, 0.3) is 0 Å². The smallest absolute Gasteiger partial charge is 0.410 e. The fourth-order valence-electron chi connectivity index (χ4n) is 3.12. The van der Waals surface area contributed by atoms with Crippen LogP contribution in [-0.4, -0.2) is 47.4 Å². The molecular formula is C14H25FN2O2. The molecule has 2 rings (SSSR count). The minimum atomic E-state index is -0.853. The summed E-state index contributed by atoms with van der Waals surface area (Å²) in [6.45, 7) is 7.54. The summed E-state index contributed by atoms with van der Waals surface area (Å²) in [6, 6.07) is 0.635. The molecule has 2 saturated heterocycles. The lowest BCUT2D eigenvalue weighted by atomic mass is 9.95. The first-order valence-corrected chi connectivity index (χ1v) is 7.16. The third kappa shape index (κ3) is 3.38. The minimum Gasteiger partial charge on any atom is -0.444 e. The number of ether oxygens (including phenoxy) is 1. The molecule has 1 N–H and O–H groups in total. The van der Waals surface area contributed by atoms with Crippen LogP contribution in [0.4, 0.5) is 9.18 Å². The van der Waals surface area contributed by atoms with Crippen molar-refractivity contribution >= 4 is 6.09 Å². The Balaban J connectivity index is 1.95. The molecule has 0 saturated carbocycles. The number of hydrogen-bond acceptors (Lipinski definition) is 3. The zero-order chi connectivity index (χ0) is 14.2. The predicted molar refractivity (Wildman–Crippen MR) is 71.9 cm³/mol. The summed E-state index contributed by atoms with van der Waals surface area (Å²) >= 11 is 0. The molecule has 0 spiro atoms. The van der Waals surface area contributed by atoms with Crippen LogP contribution < -0.4 is 5.32 Å². The van der Waals surface area contributed by atoms with E-state index in [1.165, 1.54) is 0 Å². The van der Waals surface area contributed by atoms with Crippen molar-refractivity contribution in [3.8, 4) is 0 Å². The Hall–Kier alpha value is -0.840. The fourth-order valence-corrected chi connectivity index (χ4v) is 3.12. The van der Waals surface area contributed by atoms with Crippen LogP contribution in [0.3, 0.4) is 0 Å². The summed E-state index contributed by atoms with van der Waals surface area (Å²) < 4.78 is 18.4. The molecule has 0 aromatic heterocycles. The van der Waals surface area contributed by atoms with Crippen LogP contribution >= 0.6 is 0 Å². The van der Waals surface area contributed by atoms with Crippen molar-refractivity contribution in [3.05, 3.63) is 0 Å². The molecule has 4 nitrogen and oxygen atoms in total. The number of carbonyl (C=O) groups is 1. The molecule has 4 atom stereocenters. The van der Waals surface area contributed by atoms with Gasteiger partial charge in [-0.2, -0.15) is 0 Å². The maximum atomic E-state index is 12.9. The van der Waals surface area contributed by atoms with Crippen molar-refractivity contribution in [3.63, 3.8) is 0 Å². The highest BCUT2D eigenvalue weighted by molar-refractivity contribution is 5.70. The van der Waals surface area contributed by atoms with E-state index in [4.69, 9.17) is 4.74 Å². The SMILES string of the molecule is CC(F)CNC1C[C@H]2CC[C@@H]1N2C(=O)OC(C)(C)C. The van der Waals surface area contributed by atoms with E-state index in [2.05, 4.69) is 5.32 Å². The summed E-state index contributed by atoms with van der Waals surface area (Å²) in [5.74, 6) is 0. The van der Waals surface area contributed by atoms with E-state index in [1.54, 1.807) is 6.92 Å². The van der Waals surface area contributed by atoms with Gasteiger partial charge in [-0.15, -0.1) is 0 Å². The van der Waals surface area contributed by atoms with Crippen LogP contribution in [0.5, 0.6) is 0 Å². The Morgan fingerprint density at radius 3 is 2.74 bits per heavy atom. The van der Waals surface area contributed by atoms with Crippen LogP contribution in [0.2, 0.25) is 0 Å². The van der Waals surface area contributed by atoms with Crippen molar-refractivity contribution in [2.45, 2.75) is 76.9 Å². The van der Waals surface area contributed by atoms with Gasteiger partial charge in [0.05, 0.1) is 6.04 Å². The maximum absolute atomic E-state index is 12.9. The number of halogens is 1. The molecule has 110 valence electrons. The van der Waals surface area contributed by atoms with Crippen molar-refractivity contribution < 1.29 is 13.9 Å². The summed E-state index contributed by atoms with van der Waals surface area (Å²) in [6.07, 6.45) is 1.86. The molecule has 0 aliphatic carbocycles. The van der Waals surface area contributed by atoms with Gasteiger partial charge in [0.15, 0.2) is 0 Å². The number of carbonyl (C=O) groups excluding carboxylic acids is 1. The van der Waals surface area contributed by atoms with Crippen molar-refractivity contribution in [1.82, 2.24) is 10.2 Å². The molecule has 1 amide bonds. The second kappa shape index (κ2) is 5.27. The largest absolute Gasteiger partial charge is 0.444 e. The van der Waals surface area contributed by atoms with E-state index >= 15 is 0 Å². The average molecular weight is 272 g/mol. The summed E-state index contributed by atoms with van der Waals surface area (Å²) in [7, 11) is 0. The van der Waals surface area contributed by atoms with Gasteiger partial charge in [-0.05, 0) is 47.0 Å². The van der Waals surface area contributed by atoms with Gasteiger partial charge in [-0.25, -0.2) is 9.18 Å². The van der Waals surface area contributed by atoms with E-state index in [0.29, 0.717) is 6.54 Å². The Bertz CT molecular complexity index is 341. The third-order valence-electron chi connectivity index (χ3n) is 3.80. The Morgan fingerprint density at radius 2 is 2.16 bits per heavy atom. The number of nitrogens with zero attached hydrogens (tertiary/aromatic N) is 1. The zero-order valence-electron chi connectivity index (χ0n) is 12.3. The van der Waals surface area contributed by atoms with Gasteiger partial charge in [-0.1, -0.05) is 0 Å². The molecule has 2 unspecified atom stereocenters. The first kappa shape index (κ1) is 14.6. The molecule has 0 radical (unpaired) electrons. The van der Waals surface area contributed by atoms with E-state index < -0.39 is 11.8 Å². The Labute approximate surface area is 114 Å². The van der Waals surface area contributed by atoms with Crippen LogP contribution in [0, 0.1) is 0 Å². The van der Waals surface area contributed by atoms with Crippen LogP contribution in [0.25, 0.3) is 0 Å². The van der Waals surface area contributed by atoms with Crippen molar-refractivity contribution in [2.75, 3.05) is 6.54 Å². The van der Waals surface area contributed by atoms with Crippen LogP contribution in [0.1, 0.15) is 47.0 Å². The molecular weight excluding hydrogens is 247 g/mol. The number of amides is 1. The molecule has 19 heavy (non-hydrogen) atoms. The first-order chi connectivity index (χ1) is 8.78. The van der Waals surface area contributed by atoms with Crippen molar-refractivity contribution in [2.24, 2.45) is 0 Å². The molecule has 2 aliphatic rings. The number of hydrogen-bond donors (Lipinski definition) is 1. The highest BCUT2D eigenvalue weighted by atomic mass is 19.1. The lowest BCUT2D eigenvalue weighted by Crippen LogP contribution is -2.45. The van der Waals surface area contributed by atoms with E-state index in [1.807, 2.05) is 25.7 Å². The van der Waals surface area contributed by atoms with E-state index in [9.17, 15) is 9.18 Å². The molecule has 2 bridgehead atoms. The van der Waals surface area contributed by atoms with Gasteiger partial charge in [-0.3, -0.25) is 0 Å². The lowest BCUT2D eigenvalue weighted by Gasteiger charge is -2.28. The van der Waals surface area contributed by atoms with E-state index in [-0.39, 0.29) is 24.2 Å². The predicted octanol–water partition coefficient (Wildman–Crippen LogP) is 2.47. The molecule has 0 aromatic rings. The van der Waals surface area contributed by atoms with Gasteiger partial charge < -0.3 is 15.0 Å². The Kier molecular flexibility index (Phi) is 4.04. The quantitative estimate of drug-likeness (QED) is 0.858. The minimum absolute atomic E-state index is 0.165. The first-order valence-electron chi connectivity index (χ1n) is 7.16. The number of rotatable bonds is 3. The van der Waals surface area contributed by atoms with Crippen molar-refractivity contribution in [1.29, 1.82) is 0 Å². The molecule has 2 aliphatic heterocycles. The Morgan fingerprint density at radius 1 is 1.47 bits per heavy atom. The molecule has 0 aromatic carbocycles. The van der Waals surface area contributed by atoms with Crippen LogP contribution in [0.15, 0.2) is 0 Å². The van der Waals surface area contributed by atoms with Crippen LogP contribution in [-0.2, 0) is 4.74 Å². The lowest BCUT2D eigenvalue weighted by molar-refractivity contribution is 0.0210. The number of fused-ring (bicyclic) bond motifs is 2. The highest BCUT2D eigenvalue weighted by Crippen LogP contribution is 2.38.